The van der Waals surface area contributed by atoms with Crippen molar-refractivity contribution in [2.24, 2.45) is 0 Å². The van der Waals surface area contributed by atoms with Gasteiger partial charge >= 0.3 is 5.97 Å². The summed E-state index contributed by atoms with van der Waals surface area (Å²) < 4.78 is 5.25. The van der Waals surface area contributed by atoms with E-state index in [1.165, 1.54) is 16.2 Å². The molecule has 0 bridgehead atoms. The molecule has 29 heavy (non-hydrogen) atoms. The summed E-state index contributed by atoms with van der Waals surface area (Å²) in [5.41, 5.74) is 4.69. The van der Waals surface area contributed by atoms with E-state index in [2.05, 4.69) is 15.5 Å². The number of benzene rings is 1. The van der Waals surface area contributed by atoms with Crippen LogP contribution in [0, 0.1) is 6.92 Å². The maximum Gasteiger partial charge on any atom is 0.341 e. The molecular formula is C22H23N3O3S. The van der Waals surface area contributed by atoms with Crippen LogP contribution in [-0.4, -0.2) is 28.7 Å². The molecule has 0 spiro atoms. The number of carbonyl (C=O) groups is 2. The number of nitrogens with one attached hydrogen (secondary N) is 2. The first-order valence-electron chi connectivity index (χ1n) is 9.82. The van der Waals surface area contributed by atoms with Gasteiger partial charge in [0, 0.05) is 10.4 Å². The van der Waals surface area contributed by atoms with Crippen molar-refractivity contribution in [3.05, 3.63) is 57.6 Å². The molecule has 2 N–H and O–H groups in total. The van der Waals surface area contributed by atoms with Crippen molar-refractivity contribution in [1.29, 1.82) is 0 Å². The van der Waals surface area contributed by atoms with Crippen molar-refractivity contribution in [2.75, 3.05) is 11.9 Å². The van der Waals surface area contributed by atoms with Crippen LogP contribution in [0.2, 0.25) is 0 Å². The largest absolute Gasteiger partial charge is 0.462 e. The van der Waals surface area contributed by atoms with Crippen LogP contribution >= 0.6 is 11.3 Å². The highest BCUT2D eigenvalue weighted by molar-refractivity contribution is 7.17. The average molecular weight is 410 g/mol. The highest BCUT2D eigenvalue weighted by Crippen LogP contribution is 2.38. The van der Waals surface area contributed by atoms with Crippen LogP contribution < -0.4 is 5.32 Å². The molecule has 0 saturated carbocycles. The summed E-state index contributed by atoms with van der Waals surface area (Å²) in [4.78, 5) is 26.5. The molecule has 0 fully saturated rings. The number of anilines is 1. The lowest BCUT2D eigenvalue weighted by Crippen LogP contribution is -2.16. The van der Waals surface area contributed by atoms with Crippen molar-refractivity contribution < 1.29 is 14.3 Å². The Labute approximate surface area is 173 Å². The molecule has 150 valence electrons. The Morgan fingerprint density at radius 3 is 2.72 bits per heavy atom. The minimum Gasteiger partial charge on any atom is -0.462 e. The van der Waals surface area contributed by atoms with E-state index < -0.39 is 0 Å². The third-order valence-electron chi connectivity index (χ3n) is 5.05. The molecule has 1 aliphatic carbocycles. The Morgan fingerprint density at radius 1 is 1.21 bits per heavy atom. The molecule has 0 atom stereocenters. The molecule has 4 rings (SSSR count). The number of carbonyl (C=O) groups excluding carboxylic acids is 2. The summed E-state index contributed by atoms with van der Waals surface area (Å²) >= 11 is 1.48. The first-order valence-corrected chi connectivity index (χ1v) is 10.6. The van der Waals surface area contributed by atoms with E-state index in [1.807, 2.05) is 31.2 Å². The number of aryl methyl sites for hydroxylation is 2. The molecule has 2 heterocycles. The van der Waals surface area contributed by atoms with Crippen LogP contribution in [-0.2, 0) is 17.6 Å². The summed E-state index contributed by atoms with van der Waals surface area (Å²) in [5.74, 6) is -0.688. The van der Waals surface area contributed by atoms with Crippen LogP contribution in [0.1, 0.15) is 56.6 Å². The maximum atomic E-state index is 12.8. The van der Waals surface area contributed by atoms with E-state index in [4.69, 9.17) is 4.74 Å². The molecule has 0 radical (unpaired) electrons. The summed E-state index contributed by atoms with van der Waals surface area (Å²) in [6.45, 7) is 4.11. The van der Waals surface area contributed by atoms with E-state index in [1.54, 1.807) is 13.0 Å². The second-order valence-electron chi connectivity index (χ2n) is 7.12. The van der Waals surface area contributed by atoms with Crippen molar-refractivity contribution in [1.82, 2.24) is 10.2 Å². The Bertz CT molecular complexity index is 1050. The molecule has 6 nitrogen and oxygen atoms in total. The Kier molecular flexibility index (Phi) is 5.49. The number of aromatic nitrogens is 2. The van der Waals surface area contributed by atoms with Crippen LogP contribution in [0.3, 0.4) is 0 Å². The van der Waals surface area contributed by atoms with Gasteiger partial charge in [0.25, 0.3) is 5.91 Å². The third-order valence-corrected chi connectivity index (χ3v) is 6.25. The van der Waals surface area contributed by atoms with Gasteiger partial charge in [-0.05, 0) is 51.2 Å². The van der Waals surface area contributed by atoms with Gasteiger partial charge < -0.3 is 10.1 Å². The first kappa shape index (κ1) is 19.4. The summed E-state index contributed by atoms with van der Waals surface area (Å²) in [6.07, 6.45) is 3.93. The van der Waals surface area contributed by atoms with Crippen molar-refractivity contribution in [2.45, 2.75) is 39.5 Å². The Hall–Kier alpha value is -2.93. The monoisotopic (exact) mass is 409 g/mol. The van der Waals surface area contributed by atoms with Gasteiger partial charge in [-0.25, -0.2) is 4.79 Å². The molecule has 1 aliphatic rings. The average Bonchev–Trinajstić information content (AvgIpc) is 3.33. The lowest BCUT2D eigenvalue weighted by atomic mass is 9.95. The zero-order valence-electron chi connectivity index (χ0n) is 16.5. The number of ether oxygens (including phenoxy) is 1. The number of thiophene rings is 1. The van der Waals surface area contributed by atoms with E-state index in [0.717, 1.165) is 42.4 Å². The third kappa shape index (κ3) is 3.96. The minimum absolute atomic E-state index is 0.303. The number of nitrogens with zero attached hydrogens (tertiary/aromatic N) is 1. The van der Waals surface area contributed by atoms with E-state index in [9.17, 15) is 9.59 Å². The Balaban J connectivity index is 1.59. The number of aromatic amines is 1. The van der Waals surface area contributed by atoms with Crippen LogP contribution in [0.25, 0.3) is 11.3 Å². The first-order chi connectivity index (χ1) is 14.1. The minimum atomic E-state index is -0.368. The second-order valence-corrected chi connectivity index (χ2v) is 8.23. The molecule has 3 aromatic rings. The van der Waals surface area contributed by atoms with Gasteiger partial charge in [0.2, 0.25) is 0 Å². The van der Waals surface area contributed by atoms with E-state index >= 15 is 0 Å². The fraction of sp³-hybridized carbons (Fsp3) is 0.318. The highest BCUT2D eigenvalue weighted by atomic mass is 32.1. The van der Waals surface area contributed by atoms with Gasteiger partial charge in [-0.2, -0.15) is 5.10 Å². The number of hydrogen-bond acceptors (Lipinski definition) is 5. The second kappa shape index (κ2) is 8.21. The van der Waals surface area contributed by atoms with Crippen LogP contribution in [0.4, 0.5) is 5.00 Å². The molecule has 0 aliphatic heterocycles. The van der Waals surface area contributed by atoms with Crippen molar-refractivity contribution >= 4 is 28.2 Å². The fourth-order valence-corrected chi connectivity index (χ4v) is 4.83. The quantitative estimate of drug-likeness (QED) is 0.596. The number of esters is 1. The lowest BCUT2D eigenvalue weighted by Gasteiger charge is -2.12. The van der Waals surface area contributed by atoms with Gasteiger partial charge in [-0.3, -0.25) is 9.89 Å². The van der Waals surface area contributed by atoms with E-state index in [0.29, 0.717) is 28.6 Å². The lowest BCUT2D eigenvalue weighted by molar-refractivity contribution is 0.0526. The van der Waals surface area contributed by atoms with Gasteiger partial charge in [0.05, 0.1) is 17.9 Å². The van der Waals surface area contributed by atoms with Crippen LogP contribution in [0.15, 0.2) is 30.3 Å². The molecule has 1 aromatic carbocycles. The number of H-pyrrole nitrogens is 1. The molecule has 7 heteroatoms. The number of rotatable bonds is 5. The number of hydrogen-bond donors (Lipinski definition) is 2. The zero-order chi connectivity index (χ0) is 20.4. The number of amides is 1. The highest BCUT2D eigenvalue weighted by Gasteiger charge is 2.27. The topological polar surface area (TPSA) is 84.1 Å². The molecule has 2 aromatic heterocycles. The van der Waals surface area contributed by atoms with Crippen molar-refractivity contribution in [3.63, 3.8) is 0 Å². The SMILES string of the molecule is CCOC(=O)c1c(NC(=O)c2cc(-c3ccc(C)cc3)n[nH]2)sc2c1CCCC2. The predicted octanol–water partition coefficient (Wildman–Crippen LogP) is 4.75. The van der Waals surface area contributed by atoms with Gasteiger partial charge in [-0.15, -0.1) is 11.3 Å². The smallest absolute Gasteiger partial charge is 0.341 e. The standard InChI is InChI=1S/C22H23N3O3S/c1-3-28-22(27)19-15-6-4-5-7-18(15)29-21(19)23-20(26)17-12-16(24-25-17)14-10-8-13(2)9-11-14/h8-12H,3-7H2,1-2H3,(H,23,26)(H,24,25). The van der Waals surface area contributed by atoms with Gasteiger partial charge in [-0.1, -0.05) is 29.8 Å². The zero-order valence-corrected chi connectivity index (χ0v) is 17.3. The normalized spacial score (nSPS) is 13.0. The molecule has 0 unspecified atom stereocenters. The van der Waals surface area contributed by atoms with Gasteiger partial charge in [0.1, 0.15) is 10.7 Å². The summed E-state index contributed by atoms with van der Waals surface area (Å²) in [7, 11) is 0. The van der Waals surface area contributed by atoms with Gasteiger partial charge in [0.15, 0.2) is 0 Å². The van der Waals surface area contributed by atoms with Crippen molar-refractivity contribution in [3.8, 4) is 11.3 Å². The summed E-state index contributed by atoms with van der Waals surface area (Å²) in [5, 5.41) is 10.5. The van der Waals surface area contributed by atoms with Crippen LogP contribution in [0.5, 0.6) is 0 Å². The summed E-state index contributed by atoms with van der Waals surface area (Å²) in [6, 6.07) is 9.67. The Morgan fingerprint density at radius 2 is 1.97 bits per heavy atom. The molecular weight excluding hydrogens is 386 g/mol. The molecule has 1 amide bonds. The fourth-order valence-electron chi connectivity index (χ4n) is 3.55. The number of fused-ring (bicyclic) bond motifs is 1. The molecule has 0 saturated heterocycles. The predicted molar refractivity (Wildman–Crippen MR) is 114 cm³/mol. The van der Waals surface area contributed by atoms with E-state index in [-0.39, 0.29) is 11.9 Å². The maximum absolute atomic E-state index is 12.8.